The number of rotatable bonds is 10. The van der Waals surface area contributed by atoms with Crippen molar-refractivity contribution in [3.63, 3.8) is 0 Å². The molecular formula is C22H30N2O3. The normalized spacial score (nSPS) is 11.9. The van der Waals surface area contributed by atoms with Gasteiger partial charge in [0.15, 0.2) is 0 Å². The first-order valence-electron chi connectivity index (χ1n) is 9.30. The van der Waals surface area contributed by atoms with Crippen LogP contribution in [0.1, 0.15) is 18.1 Å². The van der Waals surface area contributed by atoms with Crippen molar-refractivity contribution in [3.8, 4) is 11.5 Å². The van der Waals surface area contributed by atoms with Gasteiger partial charge in [-0.1, -0.05) is 30.3 Å². The Balaban J connectivity index is 1.69. The molecule has 1 amide bonds. The van der Waals surface area contributed by atoms with E-state index in [0.29, 0.717) is 19.7 Å². The van der Waals surface area contributed by atoms with Crippen molar-refractivity contribution in [2.24, 2.45) is 0 Å². The van der Waals surface area contributed by atoms with Crippen LogP contribution in [0.2, 0.25) is 0 Å². The lowest BCUT2D eigenvalue weighted by Crippen LogP contribution is -2.45. The maximum absolute atomic E-state index is 12.3. The fraction of sp³-hybridized carbons (Fsp3) is 0.409. The molecule has 5 heteroatoms. The average molecular weight is 370 g/mol. The Morgan fingerprint density at radius 3 is 2.52 bits per heavy atom. The number of methoxy groups -OCH3 is 1. The second kappa shape index (κ2) is 10.6. The third kappa shape index (κ3) is 6.61. The SMILES string of the molecule is COc1ccc(CCNC(=O)C(C)N(C)CCOc2ccccc2C)cc1. The molecule has 2 rings (SSSR count). The summed E-state index contributed by atoms with van der Waals surface area (Å²) in [4.78, 5) is 14.3. The molecule has 1 atom stereocenters. The van der Waals surface area contributed by atoms with Gasteiger partial charge in [-0.3, -0.25) is 9.69 Å². The molecule has 0 bridgehead atoms. The Morgan fingerprint density at radius 1 is 1.15 bits per heavy atom. The van der Waals surface area contributed by atoms with Crippen molar-refractivity contribution in [2.75, 3.05) is 33.9 Å². The molecule has 2 aromatic carbocycles. The number of carbonyl (C=O) groups excluding carboxylic acids is 1. The third-order valence-corrected chi connectivity index (χ3v) is 4.71. The van der Waals surface area contributed by atoms with Crippen molar-refractivity contribution in [1.82, 2.24) is 10.2 Å². The molecule has 0 aliphatic carbocycles. The predicted molar refractivity (Wildman–Crippen MR) is 108 cm³/mol. The number of nitrogens with one attached hydrogen (secondary N) is 1. The van der Waals surface area contributed by atoms with Gasteiger partial charge in [0.25, 0.3) is 0 Å². The van der Waals surface area contributed by atoms with E-state index >= 15 is 0 Å². The zero-order valence-electron chi connectivity index (χ0n) is 16.7. The molecule has 0 spiro atoms. The molecule has 1 unspecified atom stereocenters. The van der Waals surface area contributed by atoms with Crippen LogP contribution in [0.5, 0.6) is 11.5 Å². The lowest BCUT2D eigenvalue weighted by molar-refractivity contribution is -0.125. The van der Waals surface area contributed by atoms with Crippen molar-refractivity contribution in [1.29, 1.82) is 0 Å². The number of hydrogen-bond acceptors (Lipinski definition) is 4. The number of aryl methyl sites for hydroxylation is 1. The zero-order chi connectivity index (χ0) is 19.6. The molecular weight excluding hydrogens is 340 g/mol. The molecule has 1 N–H and O–H groups in total. The van der Waals surface area contributed by atoms with E-state index in [4.69, 9.17) is 9.47 Å². The van der Waals surface area contributed by atoms with Crippen LogP contribution in [0.4, 0.5) is 0 Å². The lowest BCUT2D eigenvalue weighted by Gasteiger charge is -2.24. The number of para-hydroxylation sites is 1. The minimum absolute atomic E-state index is 0.0295. The molecule has 27 heavy (non-hydrogen) atoms. The van der Waals surface area contributed by atoms with E-state index in [2.05, 4.69) is 5.32 Å². The summed E-state index contributed by atoms with van der Waals surface area (Å²) < 4.78 is 11.0. The number of ether oxygens (including phenoxy) is 2. The van der Waals surface area contributed by atoms with Gasteiger partial charge >= 0.3 is 0 Å². The summed E-state index contributed by atoms with van der Waals surface area (Å²) in [6.07, 6.45) is 0.794. The van der Waals surface area contributed by atoms with Gasteiger partial charge in [-0.05, 0) is 56.6 Å². The Morgan fingerprint density at radius 2 is 1.85 bits per heavy atom. The molecule has 0 saturated carbocycles. The second-order valence-corrected chi connectivity index (χ2v) is 6.66. The summed E-state index contributed by atoms with van der Waals surface area (Å²) in [7, 11) is 3.59. The summed E-state index contributed by atoms with van der Waals surface area (Å²) in [6, 6.07) is 15.6. The van der Waals surface area contributed by atoms with Crippen molar-refractivity contribution < 1.29 is 14.3 Å². The third-order valence-electron chi connectivity index (χ3n) is 4.71. The van der Waals surface area contributed by atoms with Crippen LogP contribution in [-0.2, 0) is 11.2 Å². The first-order valence-corrected chi connectivity index (χ1v) is 9.30. The van der Waals surface area contributed by atoms with Gasteiger partial charge in [-0.2, -0.15) is 0 Å². The molecule has 0 fully saturated rings. The fourth-order valence-electron chi connectivity index (χ4n) is 2.68. The molecule has 0 saturated heterocycles. The quantitative estimate of drug-likeness (QED) is 0.698. The molecule has 146 valence electrons. The van der Waals surface area contributed by atoms with E-state index in [9.17, 15) is 4.79 Å². The van der Waals surface area contributed by atoms with E-state index in [1.54, 1.807) is 7.11 Å². The number of benzene rings is 2. The number of amides is 1. The lowest BCUT2D eigenvalue weighted by atomic mass is 10.1. The minimum atomic E-state index is -0.207. The Bertz CT molecular complexity index is 716. The number of nitrogens with zero attached hydrogens (tertiary/aromatic N) is 1. The molecule has 0 aliphatic heterocycles. The van der Waals surface area contributed by atoms with Crippen LogP contribution >= 0.6 is 0 Å². The van der Waals surface area contributed by atoms with Gasteiger partial charge in [-0.25, -0.2) is 0 Å². The largest absolute Gasteiger partial charge is 0.497 e. The molecule has 0 radical (unpaired) electrons. The highest BCUT2D eigenvalue weighted by atomic mass is 16.5. The summed E-state index contributed by atoms with van der Waals surface area (Å²) in [5, 5.41) is 3.00. The highest BCUT2D eigenvalue weighted by molar-refractivity contribution is 5.81. The Kier molecular flexibility index (Phi) is 8.14. The summed E-state index contributed by atoms with van der Waals surface area (Å²) in [6.45, 7) is 5.78. The van der Waals surface area contributed by atoms with Gasteiger partial charge in [0.05, 0.1) is 13.2 Å². The van der Waals surface area contributed by atoms with Gasteiger partial charge < -0.3 is 14.8 Å². The van der Waals surface area contributed by atoms with Crippen molar-refractivity contribution >= 4 is 5.91 Å². The van der Waals surface area contributed by atoms with E-state index in [1.807, 2.05) is 74.3 Å². The summed E-state index contributed by atoms with van der Waals surface area (Å²) in [5.74, 6) is 1.76. The van der Waals surface area contributed by atoms with Crippen LogP contribution in [0.15, 0.2) is 48.5 Å². The van der Waals surface area contributed by atoms with Gasteiger partial charge in [0.1, 0.15) is 18.1 Å². The number of carbonyl (C=O) groups is 1. The summed E-state index contributed by atoms with van der Waals surface area (Å²) in [5.41, 5.74) is 2.29. The smallest absolute Gasteiger partial charge is 0.237 e. The monoisotopic (exact) mass is 370 g/mol. The Hall–Kier alpha value is -2.53. The van der Waals surface area contributed by atoms with Crippen LogP contribution < -0.4 is 14.8 Å². The van der Waals surface area contributed by atoms with Crippen molar-refractivity contribution in [2.45, 2.75) is 26.3 Å². The average Bonchev–Trinajstić information content (AvgIpc) is 2.69. The fourth-order valence-corrected chi connectivity index (χ4v) is 2.68. The van der Waals surface area contributed by atoms with Crippen LogP contribution in [0, 0.1) is 6.92 Å². The second-order valence-electron chi connectivity index (χ2n) is 6.66. The molecule has 0 heterocycles. The predicted octanol–water partition coefficient (Wildman–Crippen LogP) is 3.06. The first kappa shape index (κ1) is 20.8. The van der Waals surface area contributed by atoms with Crippen LogP contribution in [0.25, 0.3) is 0 Å². The van der Waals surface area contributed by atoms with Crippen LogP contribution in [0.3, 0.4) is 0 Å². The van der Waals surface area contributed by atoms with Crippen LogP contribution in [-0.4, -0.2) is 50.7 Å². The van der Waals surface area contributed by atoms with E-state index < -0.39 is 0 Å². The number of likely N-dealkylation sites (N-methyl/N-ethyl adjacent to an activating group) is 1. The topological polar surface area (TPSA) is 50.8 Å². The van der Waals surface area contributed by atoms with Gasteiger partial charge in [0.2, 0.25) is 5.91 Å². The van der Waals surface area contributed by atoms with Crippen molar-refractivity contribution in [3.05, 3.63) is 59.7 Å². The van der Waals surface area contributed by atoms with Gasteiger partial charge in [-0.15, -0.1) is 0 Å². The first-order chi connectivity index (χ1) is 13.0. The Labute approximate surface area is 162 Å². The zero-order valence-corrected chi connectivity index (χ0v) is 16.7. The van der Waals surface area contributed by atoms with Gasteiger partial charge in [0, 0.05) is 13.1 Å². The van der Waals surface area contributed by atoms with E-state index in [0.717, 1.165) is 23.5 Å². The highest BCUT2D eigenvalue weighted by Gasteiger charge is 2.17. The maximum atomic E-state index is 12.3. The highest BCUT2D eigenvalue weighted by Crippen LogP contribution is 2.16. The molecule has 5 nitrogen and oxygen atoms in total. The van der Waals surface area contributed by atoms with E-state index in [1.165, 1.54) is 5.56 Å². The minimum Gasteiger partial charge on any atom is -0.497 e. The molecule has 0 aromatic heterocycles. The number of hydrogen-bond donors (Lipinski definition) is 1. The van der Waals surface area contributed by atoms with E-state index in [-0.39, 0.29) is 11.9 Å². The maximum Gasteiger partial charge on any atom is 0.237 e. The molecule has 0 aliphatic rings. The molecule has 2 aromatic rings. The summed E-state index contributed by atoms with van der Waals surface area (Å²) >= 11 is 0. The standard InChI is InChI=1S/C22H30N2O3/c1-17-7-5-6-8-21(17)27-16-15-24(3)18(2)22(25)23-14-13-19-9-11-20(26-4)12-10-19/h5-12,18H,13-16H2,1-4H3,(H,23,25).